The zero-order valence-corrected chi connectivity index (χ0v) is 14.2. The van der Waals surface area contributed by atoms with Gasteiger partial charge >= 0.3 is 0 Å². The van der Waals surface area contributed by atoms with E-state index < -0.39 is 0 Å². The van der Waals surface area contributed by atoms with Crippen molar-refractivity contribution in [2.45, 2.75) is 26.2 Å². The molecule has 2 heterocycles. The lowest BCUT2D eigenvalue weighted by molar-refractivity contribution is -0.117. The molecule has 1 unspecified atom stereocenters. The van der Waals surface area contributed by atoms with E-state index in [4.69, 9.17) is 0 Å². The fourth-order valence-electron chi connectivity index (χ4n) is 2.94. The number of nitrogens with zero attached hydrogens (tertiary/aromatic N) is 2. The zero-order valence-electron chi connectivity index (χ0n) is 14.2. The summed E-state index contributed by atoms with van der Waals surface area (Å²) < 4.78 is 1.99. The third kappa shape index (κ3) is 2.97. The molecule has 0 spiro atoms. The van der Waals surface area contributed by atoms with Crippen LogP contribution >= 0.6 is 0 Å². The molecule has 3 rings (SSSR count). The molecule has 1 amide bonds. The highest BCUT2D eigenvalue weighted by Gasteiger charge is 2.22. The van der Waals surface area contributed by atoms with Crippen molar-refractivity contribution in [2.75, 3.05) is 5.32 Å². The number of aromatic nitrogens is 3. The maximum Gasteiger partial charge on any atom is 0.232 e. The van der Waals surface area contributed by atoms with Gasteiger partial charge in [-0.2, -0.15) is 5.10 Å². The average molecular weight is 322 g/mol. The maximum atomic E-state index is 12.8. The van der Waals surface area contributed by atoms with Gasteiger partial charge in [0.15, 0.2) is 0 Å². The van der Waals surface area contributed by atoms with Gasteiger partial charge in [-0.15, -0.1) is 0 Å². The Morgan fingerprint density at radius 2 is 2.00 bits per heavy atom. The van der Waals surface area contributed by atoms with Gasteiger partial charge in [0.25, 0.3) is 0 Å². The third-order valence-electron chi connectivity index (χ3n) is 4.31. The molecule has 124 valence electrons. The predicted molar refractivity (Wildman–Crippen MR) is 95.8 cm³/mol. The van der Waals surface area contributed by atoms with Crippen LogP contribution in [0.3, 0.4) is 0 Å². The molecule has 0 fully saturated rings. The van der Waals surface area contributed by atoms with Gasteiger partial charge in [0.1, 0.15) is 5.69 Å². The fraction of sp³-hybridized carbons (Fsp3) is 0.263. The summed E-state index contributed by atoms with van der Waals surface area (Å²) in [6, 6.07) is 13.8. The zero-order chi connectivity index (χ0) is 17.1. The van der Waals surface area contributed by atoms with E-state index in [0.29, 0.717) is 0 Å². The molecular weight excluding hydrogens is 300 g/mol. The molecular formula is C19H22N4O. The number of anilines is 1. The number of hydrogen-bond donors (Lipinski definition) is 2. The van der Waals surface area contributed by atoms with E-state index >= 15 is 0 Å². The summed E-state index contributed by atoms with van der Waals surface area (Å²) in [7, 11) is 1.96. The molecule has 5 heteroatoms. The molecule has 0 bridgehead atoms. The first-order valence-corrected chi connectivity index (χ1v) is 8.14. The second kappa shape index (κ2) is 6.74. The molecule has 0 aliphatic rings. The van der Waals surface area contributed by atoms with E-state index in [1.807, 2.05) is 74.1 Å². The Morgan fingerprint density at radius 1 is 1.25 bits per heavy atom. The second-order valence-corrected chi connectivity index (χ2v) is 5.94. The Hall–Kier alpha value is -2.82. The van der Waals surface area contributed by atoms with Crippen LogP contribution in [-0.2, 0) is 11.8 Å². The SMILES string of the molecule is CCC(C(=O)Nc1c(-c2cccn2C)n[nH]c1C)c1ccccc1. The number of nitrogens with one attached hydrogen (secondary N) is 2. The molecule has 0 radical (unpaired) electrons. The lowest BCUT2D eigenvalue weighted by atomic mass is 9.95. The van der Waals surface area contributed by atoms with E-state index in [1.165, 1.54) is 0 Å². The molecule has 0 saturated carbocycles. The van der Waals surface area contributed by atoms with E-state index in [2.05, 4.69) is 15.5 Å². The molecule has 1 aromatic carbocycles. The summed E-state index contributed by atoms with van der Waals surface area (Å²) in [6.45, 7) is 3.94. The van der Waals surface area contributed by atoms with Crippen LogP contribution in [0, 0.1) is 6.92 Å². The highest BCUT2D eigenvalue weighted by Crippen LogP contribution is 2.30. The van der Waals surface area contributed by atoms with E-state index in [1.54, 1.807) is 0 Å². The fourth-order valence-corrected chi connectivity index (χ4v) is 2.94. The van der Waals surface area contributed by atoms with Crippen LogP contribution in [0.15, 0.2) is 48.7 Å². The van der Waals surface area contributed by atoms with Gasteiger partial charge in [0.05, 0.1) is 23.0 Å². The monoisotopic (exact) mass is 322 g/mol. The number of aromatic amines is 1. The summed E-state index contributed by atoms with van der Waals surface area (Å²) in [5, 5.41) is 10.4. The summed E-state index contributed by atoms with van der Waals surface area (Å²) in [5.74, 6) is -0.189. The predicted octanol–water partition coefficient (Wildman–Crippen LogP) is 3.86. The number of carbonyl (C=O) groups excluding carboxylic acids is 1. The van der Waals surface area contributed by atoms with Gasteiger partial charge in [-0.3, -0.25) is 9.89 Å². The van der Waals surface area contributed by atoms with Crippen LogP contribution in [0.4, 0.5) is 5.69 Å². The molecule has 0 saturated heterocycles. The minimum atomic E-state index is -0.179. The van der Waals surface area contributed by atoms with Gasteiger partial charge in [-0.05, 0) is 31.0 Å². The molecule has 5 nitrogen and oxygen atoms in total. The Labute approximate surface area is 141 Å². The van der Waals surface area contributed by atoms with E-state index in [-0.39, 0.29) is 11.8 Å². The van der Waals surface area contributed by atoms with Crippen molar-refractivity contribution in [1.82, 2.24) is 14.8 Å². The van der Waals surface area contributed by atoms with Gasteiger partial charge in [-0.25, -0.2) is 0 Å². The largest absolute Gasteiger partial charge is 0.349 e. The average Bonchev–Trinajstić information content (AvgIpc) is 3.15. The molecule has 2 N–H and O–H groups in total. The van der Waals surface area contributed by atoms with Gasteiger partial charge in [0, 0.05) is 13.2 Å². The first-order chi connectivity index (χ1) is 11.6. The molecule has 2 aromatic heterocycles. The number of amides is 1. The number of aryl methyl sites for hydroxylation is 2. The molecule has 0 aliphatic carbocycles. The van der Waals surface area contributed by atoms with Gasteiger partial charge < -0.3 is 9.88 Å². The van der Waals surface area contributed by atoms with Crippen molar-refractivity contribution in [3.63, 3.8) is 0 Å². The van der Waals surface area contributed by atoms with Crippen molar-refractivity contribution >= 4 is 11.6 Å². The van der Waals surface area contributed by atoms with Crippen molar-refractivity contribution in [3.8, 4) is 11.4 Å². The topological polar surface area (TPSA) is 62.7 Å². The highest BCUT2D eigenvalue weighted by molar-refractivity contribution is 5.99. The summed E-state index contributed by atoms with van der Waals surface area (Å²) in [6.07, 6.45) is 2.70. The van der Waals surface area contributed by atoms with Crippen LogP contribution in [-0.4, -0.2) is 20.7 Å². The number of hydrogen-bond acceptors (Lipinski definition) is 2. The second-order valence-electron chi connectivity index (χ2n) is 5.94. The summed E-state index contributed by atoms with van der Waals surface area (Å²) in [4.78, 5) is 12.8. The quantitative estimate of drug-likeness (QED) is 0.749. The molecule has 0 aliphatic heterocycles. The van der Waals surface area contributed by atoms with E-state index in [0.717, 1.165) is 34.8 Å². The smallest absolute Gasteiger partial charge is 0.232 e. The van der Waals surface area contributed by atoms with Crippen LogP contribution in [0.5, 0.6) is 0 Å². The number of carbonyl (C=O) groups is 1. The third-order valence-corrected chi connectivity index (χ3v) is 4.31. The maximum absolute atomic E-state index is 12.8. The molecule has 24 heavy (non-hydrogen) atoms. The van der Waals surface area contributed by atoms with Crippen LogP contribution in [0.2, 0.25) is 0 Å². The summed E-state index contributed by atoms with van der Waals surface area (Å²) >= 11 is 0. The Balaban J connectivity index is 1.90. The number of rotatable bonds is 5. The van der Waals surface area contributed by atoms with Crippen LogP contribution in [0.25, 0.3) is 11.4 Å². The van der Waals surface area contributed by atoms with Crippen LogP contribution in [0.1, 0.15) is 30.5 Å². The first kappa shape index (κ1) is 16.1. The first-order valence-electron chi connectivity index (χ1n) is 8.14. The van der Waals surface area contributed by atoms with Crippen molar-refractivity contribution in [1.29, 1.82) is 0 Å². The normalized spacial score (nSPS) is 12.1. The minimum Gasteiger partial charge on any atom is -0.349 e. The Kier molecular flexibility index (Phi) is 4.51. The lowest BCUT2D eigenvalue weighted by Gasteiger charge is -2.16. The summed E-state index contributed by atoms with van der Waals surface area (Å²) in [5.41, 5.74) is 4.34. The lowest BCUT2D eigenvalue weighted by Crippen LogP contribution is -2.21. The molecule has 3 aromatic rings. The van der Waals surface area contributed by atoms with Gasteiger partial charge in [-0.1, -0.05) is 37.3 Å². The number of benzene rings is 1. The Bertz CT molecular complexity index is 832. The van der Waals surface area contributed by atoms with Gasteiger partial charge in [0.2, 0.25) is 5.91 Å². The van der Waals surface area contributed by atoms with Crippen molar-refractivity contribution in [3.05, 3.63) is 59.9 Å². The molecule has 1 atom stereocenters. The van der Waals surface area contributed by atoms with Crippen molar-refractivity contribution < 1.29 is 4.79 Å². The highest BCUT2D eigenvalue weighted by atomic mass is 16.1. The van der Waals surface area contributed by atoms with Crippen LogP contribution < -0.4 is 5.32 Å². The minimum absolute atomic E-state index is 0.0105. The standard InChI is InChI=1S/C19H22N4O/c1-4-15(14-9-6-5-7-10-14)19(24)20-17-13(2)21-22-18(17)16-11-8-12-23(16)3/h5-12,15H,4H2,1-3H3,(H,20,24)(H,21,22). The van der Waals surface area contributed by atoms with E-state index in [9.17, 15) is 4.79 Å². The Morgan fingerprint density at radius 3 is 2.62 bits per heavy atom. The number of H-pyrrole nitrogens is 1. The van der Waals surface area contributed by atoms with Crippen molar-refractivity contribution in [2.24, 2.45) is 7.05 Å².